The molecule has 1 atom stereocenters. The van der Waals surface area contributed by atoms with E-state index in [-0.39, 0.29) is 5.91 Å². The predicted octanol–water partition coefficient (Wildman–Crippen LogP) is 1.67. The van der Waals surface area contributed by atoms with Crippen LogP contribution >= 0.6 is 11.8 Å². The second-order valence-electron chi connectivity index (χ2n) is 4.13. The molecule has 0 bridgehead atoms. The highest BCUT2D eigenvalue weighted by Gasteiger charge is 2.22. The Balaban J connectivity index is 2.03. The van der Waals surface area contributed by atoms with E-state index in [9.17, 15) is 9.90 Å². The van der Waals surface area contributed by atoms with Crippen molar-refractivity contribution in [3.05, 3.63) is 35.9 Å². The predicted molar refractivity (Wildman–Crippen MR) is 73.5 cm³/mol. The Morgan fingerprint density at radius 3 is 2.89 bits per heavy atom. The van der Waals surface area contributed by atoms with E-state index in [0.29, 0.717) is 6.54 Å². The Morgan fingerprint density at radius 1 is 1.50 bits per heavy atom. The molecule has 0 saturated carbocycles. The lowest BCUT2D eigenvalue weighted by molar-refractivity contribution is -0.115. The quantitative estimate of drug-likeness (QED) is 0.902. The summed E-state index contributed by atoms with van der Waals surface area (Å²) >= 11 is 1.56. The van der Waals surface area contributed by atoms with Gasteiger partial charge in [-0.2, -0.15) is 4.99 Å². The molecule has 1 aromatic carbocycles. The zero-order valence-electron chi connectivity index (χ0n) is 10.2. The number of aliphatic imine (C=N–C) groups is 1. The molecule has 1 N–H and O–H groups in total. The standard InChI is InChI=1S/C13H16N2O2S/c1-10(16)14-13-15(7-8-18-13)9-12(17)11-5-3-2-4-6-11/h2-6,12,17H,7-9H2,1H3/t12-/m0/s1. The number of amides is 1. The number of nitrogens with zero attached hydrogens (tertiary/aromatic N) is 2. The van der Waals surface area contributed by atoms with Crippen molar-refractivity contribution in [1.82, 2.24) is 4.90 Å². The molecule has 0 aromatic heterocycles. The third-order valence-corrected chi connectivity index (χ3v) is 3.69. The molecular formula is C13H16N2O2S. The average molecular weight is 264 g/mol. The summed E-state index contributed by atoms with van der Waals surface area (Å²) in [5.74, 6) is 0.715. The van der Waals surface area contributed by atoms with Crippen LogP contribution in [0.25, 0.3) is 0 Å². The zero-order valence-corrected chi connectivity index (χ0v) is 11.1. The molecule has 1 aliphatic rings. The van der Waals surface area contributed by atoms with Crippen molar-refractivity contribution >= 4 is 22.8 Å². The van der Waals surface area contributed by atoms with Crippen LogP contribution in [0, 0.1) is 0 Å². The van der Waals surface area contributed by atoms with Gasteiger partial charge < -0.3 is 10.0 Å². The van der Waals surface area contributed by atoms with E-state index < -0.39 is 6.10 Å². The number of aliphatic hydroxyl groups is 1. The van der Waals surface area contributed by atoms with Crippen molar-refractivity contribution in [3.8, 4) is 0 Å². The van der Waals surface area contributed by atoms with Crippen molar-refractivity contribution in [2.45, 2.75) is 13.0 Å². The minimum Gasteiger partial charge on any atom is -0.387 e. The van der Waals surface area contributed by atoms with Gasteiger partial charge in [0, 0.05) is 19.2 Å². The normalized spacial score (nSPS) is 19.2. The van der Waals surface area contributed by atoms with E-state index in [1.807, 2.05) is 35.2 Å². The third kappa shape index (κ3) is 3.34. The van der Waals surface area contributed by atoms with Gasteiger partial charge in [-0.05, 0) is 5.56 Å². The molecule has 1 fully saturated rings. The molecule has 96 valence electrons. The summed E-state index contributed by atoms with van der Waals surface area (Å²) in [7, 11) is 0. The van der Waals surface area contributed by atoms with E-state index >= 15 is 0 Å². The SMILES string of the molecule is CC(=O)N=C1SCCN1C[C@H](O)c1ccccc1. The van der Waals surface area contributed by atoms with Gasteiger partial charge in [0.2, 0.25) is 5.91 Å². The molecular weight excluding hydrogens is 248 g/mol. The molecule has 0 radical (unpaired) electrons. The van der Waals surface area contributed by atoms with Crippen LogP contribution in [0.5, 0.6) is 0 Å². The second kappa shape index (κ2) is 6.02. The molecule has 0 aliphatic carbocycles. The summed E-state index contributed by atoms with van der Waals surface area (Å²) in [6, 6.07) is 9.53. The van der Waals surface area contributed by atoms with Gasteiger partial charge in [-0.1, -0.05) is 42.1 Å². The van der Waals surface area contributed by atoms with E-state index in [1.54, 1.807) is 11.8 Å². The number of amidine groups is 1. The van der Waals surface area contributed by atoms with Gasteiger partial charge in [0.15, 0.2) is 5.17 Å². The molecule has 18 heavy (non-hydrogen) atoms. The van der Waals surface area contributed by atoms with Crippen molar-refractivity contribution in [3.63, 3.8) is 0 Å². The summed E-state index contributed by atoms with van der Waals surface area (Å²) in [5, 5.41) is 10.9. The first-order valence-electron chi connectivity index (χ1n) is 5.87. The fourth-order valence-corrected chi connectivity index (χ4v) is 2.87. The van der Waals surface area contributed by atoms with Gasteiger partial charge in [-0.3, -0.25) is 4.79 Å². The van der Waals surface area contributed by atoms with Crippen LogP contribution in [0.1, 0.15) is 18.6 Å². The highest BCUT2D eigenvalue weighted by atomic mass is 32.2. The van der Waals surface area contributed by atoms with Crippen LogP contribution in [0.15, 0.2) is 35.3 Å². The van der Waals surface area contributed by atoms with Crippen LogP contribution in [-0.2, 0) is 4.79 Å². The molecule has 5 heteroatoms. The van der Waals surface area contributed by atoms with Gasteiger partial charge in [-0.15, -0.1) is 0 Å². The lowest BCUT2D eigenvalue weighted by Gasteiger charge is -2.21. The maximum absolute atomic E-state index is 11.0. The van der Waals surface area contributed by atoms with Crippen molar-refractivity contribution < 1.29 is 9.90 Å². The minimum absolute atomic E-state index is 0.196. The molecule has 1 saturated heterocycles. The van der Waals surface area contributed by atoms with Crippen LogP contribution in [0.2, 0.25) is 0 Å². The number of benzene rings is 1. The number of rotatable bonds is 3. The lowest BCUT2D eigenvalue weighted by Crippen LogP contribution is -2.30. The number of aliphatic hydroxyl groups excluding tert-OH is 1. The maximum Gasteiger partial charge on any atom is 0.244 e. The second-order valence-corrected chi connectivity index (χ2v) is 5.20. The Bertz CT molecular complexity index is 448. The number of hydrogen-bond acceptors (Lipinski definition) is 3. The summed E-state index contributed by atoms with van der Waals surface area (Å²) in [6.45, 7) is 2.74. The smallest absolute Gasteiger partial charge is 0.244 e. The van der Waals surface area contributed by atoms with Crippen molar-refractivity contribution in [2.24, 2.45) is 4.99 Å². The molecule has 1 heterocycles. The first-order chi connectivity index (χ1) is 8.66. The number of hydrogen-bond donors (Lipinski definition) is 1. The monoisotopic (exact) mass is 264 g/mol. The summed E-state index contributed by atoms with van der Waals surface area (Å²) < 4.78 is 0. The average Bonchev–Trinajstić information content (AvgIpc) is 2.77. The first kappa shape index (κ1) is 13.1. The highest BCUT2D eigenvalue weighted by molar-refractivity contribution is 8.14. The van der Waals surface area contributed by atoms with E-state index in [0.717, 1.165) is 23.0 Å². The molecule has 2 rings (SSSR count). The number of thioether (sulfide) groups is 1. The van der Waals surface area contributed by atoms with Gasteiger partial charge in [-0.25, -0.2) is 0 Å². The topological polar surface area (TPSA) is 52.9 Å². The molecule has 0 unspecified atom stereocenters. The largest absolute Gasteiger partial charge is 0.387 e. The first-order valence-corrected chi connectivity index (χ1v) is 6.85. The molecule has 4 nitrogen and oxygen atoms in total. The Hall–Kier alpha value is -1.33. The van der Waals surface area contributed by atoms with Crippen LogP contribution < -0.4 is 0 Å². The van der Waals surface area contributed by atoms with Crippen LogP contribution in [0.3, 0.4) is 0 Å². The van der Waals surface area contributed by atoms with Crippen LogP contribution in [0.4, 0.5) is 0 Å². The molecule has 0 spiro atoms. The Labute approximate surface area is 111 Å². The van der Waals surface area contributed by atoms with Crippen LogP contribution in [-0.4, -0.2) is 39.9 Å². The Morgan fingerprint density at radius 2 is 2.22 bits per heavy atom. The maximum atomic E-state index is 11.0. The molecule has 1 amide bonds. The number of carbonyl (C=O) groups is 1. The summed E-state index contributed by atoms with van der Waals surface area (Å²) in [5.41, 5.74) is 0.886. The van der Waals surface area contributed by atoms with E-state index in [4.69, 9.17) is 0 Å². The number of carbonyl (C=O) groups excluding carboxylic acids is 1. The summed E-state index contributed by atoms with van der Waals surface area (Å²) in [4.78, 5) is 16.9. The molecule has 1 aliphatic heterocycles. The van der Waals surface area contributed by atoms with E-state index in [1.165, 1.54) is 6.92 Å². The van der Waals surface area contributed by atoms with Gasteiger partial charge >= 0.3 is 0 Å². The minimum atomic E-state index is -0.554. The lowest BCUT2D eigenvalue weighted by atomic mass is 10.1. The highest BCUT2D eigenvalue weighted by Crippen LogP contribution is 2.22. The number of β-amino-alcohol motifs (C(OH)–C–C–N with tert-alkyl or cyclic N) is 1. The van der Waals surface area contributed by atoms with Crippen molar-refractivity contribution in [2.75, 3.05) is 18.8 Å². The van der Waals surface area contributed by atoms with Gasteiger partial charge in [0.05, 0.1) is 12.6 Å². The fourth-order valence-electron chi connectivity index (χ4n) is 1.83. The zero-order chi connectivity index (χ0) is 13.0. The van der Waals surface area contributed by atoms with E-state index in [2.05, 4.69) is 4.99 Å². The third-order valence-electron chi connectivity index (χ3n) is 2.69. The van der Waals surface area contributed by atoms with Gasteiger partial charge in [0.25, 0.3) is 0 Å². The Kier molecular flexibility index (Phi) is 4.38. The summed E-state index contributed by atoms with van der Waals surface area (Å²) in [6.07, 6.45) is -0.554. The van der Waals surface area contributed by atoms with Crippen molar-refractivity contribution in [1.29, 1.82) is 0 Å². The molecule has 1 aromatic rings. The van der Waals surface area contributed by atoms with Gasteiger partial charge in [0.1, 0.15) is 0 Å². The fraction of sp³-hybridized carbons (Fsp3) is 0.385.